The Bertz CT molecular complexity index is 703. The molecule has 114 valence electrons. The number of nitrogens with one attached hydrogen (secondary N) is 1. The monoisotopic (exact) mass is 316 g/mol. The number of nitrogens with zero attached hydrogens (tertiary/aromatic N) is 1. The van der Waals surface area contributed by atoms with Gasteiger partial charge in [0, 0.05) is 18.7 Å². The molecule has 0 bridgehead atoms. The zero-order chi connectivity index (χ0) is 15.5. The molecule has 0 fully saturated rings. The molecule has 1 aromatic heterocycles. The summed E-state index contributed by atoms with van der Waals surface area (Å²) >= 11 is 6.05. The number of amides is 1. The van der Waals surface area contributed by atoms with Crippen LogP contribution in [-0.2, 0) is 6.42 Å². The van der Waals surface area contributed by atoms with Gasteiger partial charge in [-0.25, -0.2) is 4.98 Å². The van der Waals surface area contributed by atoms with E-state index < -0.39 is 0 Å². The molecule has 1 heterocycles. The van der Waals surface area contributed by atoms with Crippen LogP contribution in [0.2, 0.25) is 5.02 Å². The Kier molecular flexibility index (Phi) is 4.29. The van der Waals surface area contributed by atoms with E-state index in [4.69, 9.17) is 16.3 Å². The molecule has 1 amide bonds. The summed E-state index contributed by atoms with van der Waals surface area (Å²) in [7, 11) is 0. The molecule has 1 aromatic carbocycles. The molecule has 0 unspecified atom stereocenters. The first kappa shape index (κ1) is 14.9. The van der Waals surface area contributed by atoms with Gasteiger partial charge in [-0.3, -0.25) is 4.79 Å². The molecule has 0 saturated carbocycles. The summed E-state index contributed by atoms with van der Waals surface area (Å²) in [6.07, 6.45) is 2.50. The van der Waals surface area contributed by atoms with Crippen LogP contribution in [0.3, 0.4) is 0 Å². The van der Waals surface area contributed by atoms with E-state index in [0.29, 0.717) is 35.5 Å². The van der Waals surface area contributed by atoms with Crippen molar-refractivity contribution in [1.29, 1.82) is 0 Å². The fraction of sp³-hybridized carbons (Fsp3) is 0.294. The maximum Gasteiger partial charge on any atom is 0.252 e. The van der Waals surface area contributed by atoms with Crippen molar-refractivity contribution in [2.75, 3.05) is 13.2 Å². The van der Waals surface area contributed by atoms with Crippen molar-refractivity contribution in [1.82, 2.24) is 10.3 Å². The number of fused-ring (bicyclic) bond motifs is 1. The van der Waals surface area contributed by atoms with Crippen molar-refractivity contribution in [3.8, 4) is 5.88 Å². The van der Waals surface area contributed by atoms with E-state index in [9.17, 15) is 4.79 Å². The van der Waals surface area contributed by atoms with Crippen LogP contribution in [0.4, 0.5) is 0 Å². The Morgan fingerprint density at radius 3 is 3.00 bits per heavy atom. The van der Waals surface area contributed by atoms with Crippen LogP contribution >= 0.6 is 11.6 Å². The molecule has 22 heavy (non-hydrogen) atoms. The summed E-state index contributed by atoms with van der Waals surface area (Å²) in [6, 6.07) is 9.91. The molecule has 5 heteroatoms. The van der Waals surface area contributed by atoms with Crippen molar-refractivity contribution in [2.24, 2.45) is 0 Å². The maximum atomic E-state index is 12.2. The molecule has 1 N–H and O–H groups in total. The van der Waals surface area contributed by atoms with Gasteiger partial charge < -0.3 is 10.1 Å². The third kappa shape index (κ3) is 2.92. The smallest absolute Gasteiger partial charge is 0.252 e. The number of rotatable bonds is 5. The summed E-state index contributed by atoms with van der Waals surface area (Å²) in [5.41, 5.74) is 3.14. The lowest BCUT2D eigenvalue weighted by atomic mass is 9.77. The van der Waals surface area contributed by atoms with E-state index >= 15 is 0 Å². The molecule has 0 spiro atoms. The number of benzene rings is 1. The number of carbonyl (C=O) groups excluding carboxylic acids is 1. The van der Waals surface area contributed by atoms with Gasteiger partial charge in [-0.05, 0) is 30.5 Å². The summed E-state index contributed by atoms with van der Waals surface area (Å²) in [5.74, 6) is 0.585. The minimum atomic E-state index is -0.165. The summed E-state index contributed by atoms with van der Waals surface area (Å²) < 4.78 is 5.26. The van der Waals surface area contributed by atoms with Crippen molar-refractivity contribution < 1.29 is 9.53 Å². The first-order valence-electron chi connectivity index (χ1n) is 7.33. The summed E-state index contributed by atoms with van der Waals surface area (Å²) in [4.78, 5) is 16.2. The highest BCUT2D eigenvalue weighted by Crippen LogP contribution is 2.34. The Morgan fingerprint density at radius 2 is 2.27 bits per heavy atom. The van der Waals surface area contributed by atoms with Crippen molar-refractivity contribution >= 4 is 17.5 Å². The summed E-state index contributed by atoms with van der Waals surface area (Å²) in [5, 5.41) is 3.29. The second-order valence-electron chi connectivity index (χ2n) is 5.25. The SMILES string of the molecule is CCOc1ncc(C(=O)NC[C@@H]2Cc3ccccc32)cc1Cl. The zero-order valence-corrected chi connectivity index (χ0v) is 13.1. The summed E-state index contributed by atoms with van der Waals surface area (Å²) in [6.45, 7) is 2.97. The van der Waals surface area contributed by atoms with Gasteiger partial charge in [-0.1, -0.05) is 35.9 Å². The van der Waals surface area contributed by atoms with E-state index in [1.165, 1.54) is 17.3 Å². The molecular weight excluding hydrogens is 300 g/mol. The van der Waals surface area contributed by atoms with Gasteiger partial charge in [0.25, 0.3) is 5.91 Å². The topological polar surface area (TPSA) is 51.2 Å². The Morgan fingerprint density at radius 1 is 1.45 bits per heavy atom. The largest absolute Gasteiger partial charge is 0.477 e. The average Bonchev–Trinajstić information content (AvgIpc) is 2.50. The van der Waals surface area contributed by atoms with Crippen LogP contribution in [-0.4, -0.2) is 24.0 Å². The van der Waals surface area contributed by atoms with Crippen LogP contribution in [0.1, 0.15) is 34.3 Å². The molecule has 3 rings (SSSR count). The minimum absolute atomic E-state index is 0.165. The number of ether oxygens (including phenoxy) is 1. The lowest BCUT2D eigenvalue weighted by Gasteiger charge is -2.30. The lowest BCUT2D eigenvalue weighted by Crippen LogP contribution is -2.33. The Balaban J connectivity index is 1.60. The third-order valence-corrected chi connectivity index (χ3v) is 4.09. The fourth-order valence-electron chi connectivity index (χ4n) is 2.66. The van der Waals surface area contributed by atoms with E-state index in [-0.39, 0.29) is 5.91 Å². The predicted molar refractivity (Wildman–Crippen MR) is 85.6 cm³/mol. The van der Waals surface area contributed by atoms with E-state index in [1.807, 2.05) is 19.1 Å². The van der Waals surface area contributed by atoms with Crippen LogP contribution in [0, 0.1) is 0 Å². The molecule has 2 aromatic rings. The minimum Gasteiger partial charge on any atom is -0.477 e. The molecule has 1 atom stereocenters. The number of hydrogen-bond donors (Lipinski definition) is 1. The molecule has 1 aliphatic rings. The van der Waals surface area contributed by atoms with Gasteiger partial charge >= 0.3 is 0 Å². The Hall–Kier alpha value is -2.07. The van der Waals surface area contributed by atoms with E-state index in [0.717, 1.165) is 6.42 Å². The fourth-order valence-corrected chi connectivity index (χ4v) is 2.88. The van der Waals surface area contributed by atoms with Crippen LogP contribution in [0.15, 0.2) is 36.5 Å². The van der Waals surface area contributed by atoms with Gasteiger partial charge in [0.2, 0.25) is 5.88 Å². The number of hydrogen-bond acceptors (Lipinski definition) is 3. The van der Waals surface area contributed by atoms with Gasteiger partial charge in [0.15, 0.2) is 0 Å². The van der Waals surface area contributed by atoms with Gasteiger partial charge in [-0.2, -0.15) is 0 Å². The standard InChI is InChI=1S/C17H17ClN2O2/c1-2-22-17-15(18)8-13(10-20-17)16(21)19-9-12-7-11-5-3-4-6-14(11)12/h3-6,8,10,12H,2,7,9H2,1H3,(H,19,21)/t12-/m0/s1. The highest BCUT2D eigenvalue weighted by Gasteiger charge is 2.25. The number of halogens is 1. The molecule has 1 aliphatic carbocycles. The molecule has 0 radical (unpaired) electrons. The van der Waals surface area contributed by atoms with Gasteiger partial charge in [-0.15, -0.1) is 0 Å². The molecule has 0 saturated heterocycles. The van der Waals surface area contributed by atoms with Crippen LogP contribution in [0.25, 0.3) is 0 Å². The first-order valence-corrected chi connectivity index (χ1v) is 7.71. The van der Waals surface area contributed by atoms with Gasteiger partial charge in [0.05, 0.1) is 12.2 Å². The zero-order valence-electron chi connectivity index (χ0n) is 12.3. The molecular formula is C17H17ClN2O2. The Labute approximate surface area is 134 Å². The quantitative estimate of drug-likeness (QED) is 0.921. The maximum absolute atomic E-state index is 12.2. The van der Waals surface area contributed by atoms with Gasteiger partial charge in [0.1, 0.15) is 5.02 Å². The average molecular weight is 317 g/mol. The number of pyridine rings is 1. The second-order valence-corrected chi connectivity index (χ2v) is 5.66. The molecule has 4 nitrogen and oxygen atoms in total. The third-order valence-electron chi connectivity index (χ3n) is 3.82. The normalized spacial score (nSPS) is 15.6. The van der Waals surface area contributed by atoms with Crippen LogP contribution < -0.4 is 10.1 Å². The highest BCUT2D eigenvalue weighted by molar-refractivity contribution is 6.32. The van der Waals surface area contributed by atoms with Crippen molar-refractivity contribution in [3.05, 3.63) is 58.2 Å². The van der Waals surface area contributed by atoms with E-state index in [2.05, 4.69) is 22.4 Å². The lowest BCUT2D eigenvalue weighted by molar-refractivity contribution is 0.0949. The number of carbonyl (C=O) groups is 1. The molecule has 0 aliphatic heterocycles. The number of aromatic nitrogens is 1. The highest BCUT2D eigenvalue weighted by atomic mass is 35.5. The van der Waals surface area contributed by atoms with Crippen molar-refractivity contribution in [2.45, 2.75) is 19.3 Å². The van der Waals surface area contributed by atoms with Crippen molar-refractivity contribution in [3.63, 3.8) is 0 Å². The van der Waals surface area contributed by atoms with E-state index in [1.54, 1.807) is 6.07 Å². The second kappa shape index (κ2) is 6.36. The predicted octanol–water partition coefficient (Wildman–Crippen LogP) is 3.20. The van der Waals surface area contributed by atoms with Crippen LogP contribution in [0.5, 0.6) is 5.88 Å². The first-order chi connectivity index (χ1) is 10.7.